The van der Waals surface area contributed by atoms with Gasteiger partial charge in [-0.15, -0.1) is 0 Å². The second kappa shape index (κ2) is 6.97. The molecule has 1 aliphatic heterocycles. The molecule has 1 aliphatic rings. The summed E-state index contributed by atoms with van der Waals surface area (Å²) in [6, 6.07) is 7.23. The van der Waals surface area contributed by atoms with Gasteiger partial charge in [0.05, 0.1) is 6.10 Å². The smallest absolute Gasteiger partial charge is 0.237 e. The van der Waals surface area contributed by atoms with Crippen LogP contribution in [0.5, 0.6) is 0 Å². The van der Waals surface area contributed by atoms with Gasteiger partial charge >= 0.3 is 0 Å². The third kappa shape index (κ3) is 3.33. The number of nitrogens with zero attached hydrogens (tertiary/aromatic N) is 1. The molecular formula is C15H20N2O5. The second-order valence-electron chi connectivity index (χ2n) is 5.49. The summed E-state index contributed by atoms with van der Waals surface area (Å²) in [7, 11) is 0. The van der Waals surface area contributed by atoms with E-state index in [-0.39, 0.29) is 13.0 Å². The number of rotatable bonds is 6. The Balaban J connectivity index is 2.28. The van der Waals surface area contributed by atoms with Crippen molar-refractivity contribution in [1.29, 1.82) is 0 Å². The maximum atomic E-state index is 11.6. The molecule has 22 heavy (non-hydrogen) atoms. The van der Waals surface area contributed by atoms with Crippen LogP contribution in [0.25, 0.3) is 0 Å². The zero-order chi connectivity index (χ0) is 16.3. The van der Waals surface area contributed by atoms with Crippen LogP contribution in [-0.2, 0) is 16.0 Å². The van der Waals surface area contributed by atoms with Gasteiger partial charge in [0.1, 0.15) is 24.5 Å². The maximum absolute atomic E-state index is 11.6. The van der Waals surface area contributed by atoms with E-state index in [1.165, 1.54) is 4.90 Å². The van der Waals surface area contributed by atoms with E-state index in [0.29, 0.717) is 6.29 Å². The Morgan fingerprint density at radius 2 is 2.00 bits per heavy atom. The molecule has 5 atom stereocenters. The highest BCUT2D eigenvalue weighted by Gasteiger charge is 2.47. The van der Waals surface area contributed by atoms with E-state index in [4.69, 9.17) is 5.73 Å². The zero-order valence-corrected chi connectivity index (χ0v) is 11.9. The molecule has 1 saturated heterocycles. The summed E-state index contributed by atoms with van der Waals surface area (Å²) in [6.07, 6.45) is -3.20. The van der Waals surface area contributed by atoms with Crippen LogP contribution in [0.3, 0.4) is 0 Å². The van der Waals surface area contributed by atoms with Crippen LogP contribution in [0.1, 0.15) is 5.56 Å². The molecule has 120 valence electrons. The van der Waals surface area contributed by atoms with Crippen LogP contribution in [-0.4, -0.2) is 69.4 Å². The summed E-state index contributed by atoms with van der Waals surface area (Å²) >= 11 is 0. The topological polar surface area (TPSA) is 124 Å². The van der Waals surface area contributed by atoms with Crippen LogP contribution < -0.4 is 5.73 Å². The van der Waals surface area contributed by atoms with Gasteiger partial charge in [0, 0.05) is 12.6 Å². The van der Waals surface area contributed by atoms with Crippen molar-refractivity contribution in [3.8, 4) is 0 Å². The number of aldehydes is 1. The highest BCUT2D eigenvalue weighted by Crippen LogP contribution is 2.24. The number of carbonyl (C=O) groups is 2. The Hall–Kier alpha value is -1.80. The first-order valence-corrected chi connectivity index (χ1v) is 7.04. The van der Waals surface area contributed by atoms with Gasteiger partial charge in [0.15, 0.2) is 0 Å². The molecule has 0 radical (unpaired) electrons. The van der Waals surface area contributed by atoms with Gasteiger partial charge in [0.25, 0.3) is 0 Å². The van der Waals surface area contributed by atoms with Crippen molar-refractivity contribution >= 4 is 12.2 Å². The lowest BCUT2D eigenvalue weighted by molar-refractivity contribution is -0.129. The molecule has 0 aliphatic carbocycles. The zero-order valence-electron chi connectivity index (χ0n) is 11.9. The molecule has 2 rings (SSSR count). The normalized spacial score (nSPS) is 28.2. The van der Waals surface area contributed by atoms with Crippen molar-refractivity contribution in [2.45, 2.75) is 36.8 Å². The van der Waals surface area contributed by atoms with Gasteiger partial charge in [-0.2, -0.15) is 0 Å². The molecular weight excluding hydrogens is 288 g/mol. The number of nitrogens with two attached hydrogens (primary N) is 1. The van der Waals surface area contributed by atoms with Crippen LogP contribution in [0.4, 0.5) is 0 Å². The molecule has 5 N–H and O–H groups in total. The Morgan fingerprint density at radius 1 is 1.36 bits per heavy atom. The number of β-amino-alcohol motifs (C(OH)–C–C–N with tert-alkyl or cyclic N) is 1. The monoisotopic (exact) mass is 308 g/mol. The van der Waals surface area contributed by atoms with E-state index in [1.54, 1.807) is 0 Å². The minimum absolute atomic E-state index is 0.0445. The molecule has 0 spiro atoms. The minimum atomic E-state index is -1.36. The van der Waals surface area contributed by atoms with Crippen molar-refractivity contribution < 1.29 is 24.9 Å². The summed E-state index contributed by atoms with van der Waals surface area (Å²) < 4.78 is 0. The Kier molecular flexibility index (Phi) is 5.25. The van der Waals surface area contributed by atoms with Crippen molar-refractivity contribution in [2.24, 2.45) is 5.73 Å². The quantitative estimate of drug-likeness (QED) is 0.453. The van der Waals surface area contributed by atoms with Gasteiger partial charge in [0.2, 0.25) is 5.91 Å². The fourth-order valence-corrected chi connectivity index (χ4v) is 2.90. The number of hydrogen-bond acceptors (Lipinski definition) is 6. The lowest BCUT2D eigenvalue weighted by atomic mass is 9.99. The molecule has 7 heteroatoms. The van der Waals surface area contributed by atoms with E-state index >= 15 is 0 Å². The van der Waals surface area contributed by atoms with Crippen molar-refractivity contribution in [3.63, 3.8) is 0 Å². The molecule has 1 fully saturated rings. The number of benzene rings is 1. The molecule has 1 aromatic rings. The highest BCUT2D eigenvalue weighted by molar-refractivity contribution is 5.81. The first-order chi connectivity index (χ1) is 10.5. The molecule has 1 aromatic carbocycles. The summed E-state index contributed by atoms with van der Waals surface area (Å²) in [5.41, 5.74) is 6.15. The summed E-state index contributed by atoms with van der Waals surface area (Å²) in [4.78, 5) is 24.0. The second-order valence-corrected chi connectivity index (χ2v) is 5.49. The van der Waals surface area contributed by atoms with Crippen molar-refractivity contribution in [1.82, 2.24) is 4.90 Å². The molecule has 0 bridgehead atoms. The van der Waals surface area contributed by atoms with E-state index < -0.39 is 36.3 Å². The first-order valence-electron chi connectivity index (χ1n) is 7.04. The summed E-state index contributed by atoms with van der Waals surface area (Å²) in [5.74, 6) is -0.805. The Bertz CT molecular complexity index is 524. The van der Waals surface area contributed by atoms with Gasteiger partial charge in [-0.3, -0.25) is 9.69 Å². The van der Waals surface area contributed by atoms with E-state index in [9.17, 15) is 24.9 Å². The van der Waals surface area contributed by atoms with Gasteiger partial charge < -0.3 is 25.8 Å². The van der Waals surface area contributed by atoms with E-state index in [2.05, 4.69) is 0 Å². The Labute approximate surface area is 128 Å². The molecule has 0 aromatic heterocycles. The van der Waals surface area contributed by atoms with Crippen LogP contribution in [0, 0.1) is 0 Å². The SMILES string of the molecule is NC(=O)C1[C@H](O)[C@@H](O)CN1C(Cc1ccccc1)[C@@H](O)C=O. The maximum Gasteiger partial charge on any atom is 0.237 e. The van der Waals surface area contributed by atoms with Gasteiger partial charge in [-0.25, -0.2) is 0 Å². The first kappa shape index (κ1) is 16.6. The van der Waals surface area contributed by atoms with Crippen LogP contribution in [0.15, 0.2) is 30.3 Å². The number of primary amides is 1. The van der Waals surface area contributed by atoms with Crippen LogP contribution >= 0.6 is 0 Å². The summed E-state index contributed by atoms with van der Waals surface area (Å²) in [6.45, 7) is -0.0445. The van der Waals surface area contributed by atoms with Crippen molar-refractivity contribution in [2.75, 3.05) is 6.54 Å². The largest absolute Gasteiger partial charge is 0.389 e. The van der Waals surface area contributed by atoms with E-state index in [1.807, 2.05) is 30.3 Å². The molecule has 7 nitrogen and oxygen atoms in total. The molecule has 0 saturated carbocycles. The van der Waals surface area contributed by atoms with Crippen molar-refractivity contribution in [3.05, 3.63) is 35.9 Å². The van der Waals surface area contributed by atoms with Gasteiger partial charge in [-0.1, -0.05) is 30.3 Å². The fraction of sp³-hybridized carbons (Fsp3) is 0.467. The average molecular weight is 308 g/mol. The van der Waals surface area contributed by atoms with E-state index in [0.717, 1.165) is 5.56 Å². The van der Waals surface area contributed by atoms with Gasteiger partial charge in [-0.05, 0) is 12.0 Å². The predicted octanol–water partition coefficient (Wildman–Crippen LogP) is -1.95. The Morgan fingerprint density at radius 3 is 2.55 bits per heavy atom. The number of aliphatic hydroxyl groups is 3. The molecule has 2 unspecified atom stereocenters. The number of aliphatic hydroxyl groups excluding tert-OH is 3. The molecule has 1 heterocycles. The lowest BCUT2D eigenvalue weighted by Crippen LogP contribution is -2.54. The number of likely N-dealkylation sites (tertiary alicyclic amines) is 1. The predicted molar refractivity (Wildman–Crippen MR) is 77.7 cm³/mol. The highest BCUT2D eigenvalue weighted by atomic mass is 16.3. The number of amides is 1. The summed E-state index contributed by atoms with van der Waals surface area (Å²) in [5, 5.41) is 29.7. The van der Waals surface area contributed by atoms with Crippen LogP contribution in [0.2, 0.25) is 0 Å². The third-order valence-corrected chi connectivity index (χ3v) is 4.01. The number of carbonyl (C=O) groups excluding carboxylic acids is 2. The average Bonchev–Trinajstić information content (AvgIpc) is 2.80. The lowest BCUT2D eigenvalue weighted by Gasteiger charge is -2.33. The minimum Gasteiger partial charge on any atom is -0.389 e. The standard InChI is InChI=1S/C15H20N2O5/c16-15(22)13-14(21)11(19)7-17(13)10(12(20)8-18)6-9-4-2-1-3-5-9/h1-5,8,10-14,19-21H,6-7H2,(H2,16,22)/t10?,11-,12-,13?,14+/m0/s1. The molecule has 1 amide bonds. The fourth-order valence-electron chi connectivity index (χ4n) is 2.90. The number of hydrogen-bond donors (Lipinski definition) is 4. The third-order valence-electron chi connectivity index (χ3n) is 4.01.